The van der Waals surface area contributed by atoms with E-state index in [1.165, 1.54) is 42.5 Å². The molecule has 0 unspecified atom stereocenters. The van der Waals surface area contributed by atoms with Crippen LogP contribution in [0, 0.1) is 0 Å². The molecule has 0 aliphatic carbocycles. The lowest BCUT2D eigenvalue weighted by Crippen LogP contribution is -2.11. The van der Waals surface area contributed by atoms with E-state index < -0.39 is 0 Å². The Hall–Kier alpha value is -0.980. The lowest BCUT2D eigenvalue weighted by atomic mass is 10.00. The lowest BCUT2D eigenvalue weighted by molar-refractivity contribution is 0.826. The van der Waals surface area contributed by atoms with Gasteiger partial charge in [-0.05, 0) is 36.5 Å². The van der Waals surface area contributed by atoms with E-state index in [1.54, 1.807) is 0 Å². The zero-order valence-corrected chi connectivity index (χ0v) is 8.27. The predicted molar refractivity (Wildman–Crippen MR) is 57.2 cm³/mol. The molecule has 1 aromatic carbocycles. The number of aryl methyl sites for hydroxylation is 2. The number of rotatable bonds is 2. The average molecular weight is 175 g/mol. The Morgan fingerprint density at radius 1 is 1.38 bits per heavy atom. The second-order valence-electron chi connectivity index (χ2n) is 3.77. The van der Waals surface area contributed by atoms with Crippen molar-refractivity contribution in [1.29, 1.82) is 0 Å². The molecular formula is C12H17N. The van der Waals surface area contributed by atoms with Crippen molar-refractivity contribution in [3.63, 3.8) is 0 Å². The van der Waals surface area contributed by atoms with Crippen LogP contribution in [0.4, 0.5) is 5.69 Å². The Kier molecular flexibility index (Phi) is 2.53. The van der Waals surface area contributed by atoms with Gasteiger partial charge in [0.1, 0.15) is 0 Å². The minimum atomic E-state index is 1.14. The van der Waals surface area contributed by atoms with Crippen LogP contribution in [0.1, 0.15) is 30.9 Å². The first-order valence-electron chi connectivity index (χ1n) is 5.26. The van der Waals surface area contributed by atoms with Gasteiger partial charge >= 0.3 is 0 Å². The highest BCUT2D eigenvalue weighted by Gasteiger charge is 2.07. The molecule has 1 aliphatic heterocycles. The third kappa shape index (κ3) is 1.85. The van der Waals surface area contributed by atoms with Crippen molar-refractivity contribution in [3.8, 4) is 0 Å². The lowest BCUT2D eigenvalue weighted by Gasteiger charge is -2.18. The second-order valence-corrected chi connectivity index (χ2v) is 3.77. The predicted octanol–water partition coefficient (Wildman–Crippen LogP) is 3.00. The van der Waals surface area contributed by atoms with Crippen LogP contribution in [0.15, 0.2) is 18.2 Å². The van der Waals surface area contributed by atoms with Crippen molar-refractivity contribution >= 4 is 5.69 Å². The molecule has 1 N–H and O–H groups in total. The van der Waals surface area contributed by atoms with Crippen LogP contribution in [0.2, 0.25) is 0 Å². The molecule has 13 heavy (non-hydrogen) atoms. The fourth-order valence-electron chi connectivity index (χ4n) is 1.95. The van der Waals surface area contributed by atoms with Gasteiger partial charge in [0.15, 0.2) is 0 Å². The van der Waals surface area contributed by atoms with Gasteiger partial charge in [-0.15, -0.1) is 0 Å². The molecule has 1 aliphatic rings. The van der Waals surface area contributed by atoms with Crippen LogP contribution in [-0.4, -0.2) is 6.54 Å². The summed E-state index contributed by atoms with van der Waals surface area (Å²) in [6.45, 7) is 3.37. The van der Waals surface area contributed by atoms with Gasteiger partial charge in [-0.1, -0.05) is 25.5 Å². The highest BCUT2D eigenvalue weighted by atomic mass is 14.9. The summed E-state index contributed by atoms with van der Waals surface area (Å²) < 4.78 is 0. The van der Waals surface area contributed by atoms with E-state index in [0.717, 1.165) is 6.54 Å². The van der Waals surface area contributed by atoms with Crippen LogP contribution in [0.25, 0.3) is 0 Å². The summed E-state index contributed by atoms with van der Waals surface area (Å²) in [4.78, 5) is 0. The van der Waals surface area contributed by atoms with Crippen molar-refractivity contribution in [1.82, 2.24) is 0 Å². The third-order valence-corrected chi connectivity index (χ3v) is 2.65. The Balaban J connectivity index is 2.24. The number of fused-ring (bicyclic) bond motifs is 1. The molecule has 0 bridgehead atoms. The Morgan fingerprint density at radius 2 is 2.31 bits per heavy atom. The maximum absolute atomic E-state index is 3.46. The third-order valence-electron chi connectivity index (χ3n) is 2.65. The van der Waals surface area contributed by atoms with E-state index in [9.17, 15) is 0 Å². The van der Waals surface area contributed by atoms with E-state index in [0.29, 0.717) is 0 Å². The number of hydrogen-bond acceptors (Lipinski definition) is 1. The zero-order valence-electron chi connectivity index (χ0n) is 8.27. The fourth-order valence-corrected chi connectivity index (χ4v) is 1.95. The molecule has 1 heterocycles. The van der Waals surface area contributed by atoms with Gasteiger partial charge in [-0.3, -0.25) is 0 Å². The standard InChI is InChI=1S/C12H17N/c1-2-4-10-6-7-11-5-3-8-13-12(11)9-10/h6-7,9,13H,2-5,8H2,1H3. The van der Waals surface area contributed by atoms with Crippen molar-refractivity contribution in [2.45, 2.75) is 32.6 Å². The van der Waals surface area contributed by atoms with Gasteiger partial charge in [-0.2, -0.15) is 0 Å². The van der Waals surface area contributed by atoms with Gasteiger partial charge in [0, 0.05) is 12.2 Å². The maximum Gasteiger partial charge on any atom is 0.0375 e. The Bertz CT molecular complexity index is 291. The fraction of sp³-hybridized carbons (Fsp3) is 0.500. The second kappa shape index (κ2) is 3.82. The molecule has 0 saturated carbocycles. The number of anilines is 1. The van der Waals surface area contributed by atoms with Crippen LogP contribution in [0.5, 0.6) is 0 Å². The van der Waals surface area contributed by atoms with Gasteiger partial charge < -0.3 is 5.32 Å². The monoisotopic (exact) mass is 175 g/mol. The van der Waals surface area contributed by atoms with Crippen LogP contribution in [0.3, 0.4) is 0 Å². The topological polar surface area (TPSA) is 12.0 Å². The smallest absolute Gasteiger partial charge is 0.0375 e. The van der Waals surface area contributed by atoms with E-state index in [-0.39, 0.29) is 0 Å². The molecule has 0 saturated heterocycles. The average Bonchev–Trinajstić information content (AvgIpc) is 2.18. The first-order valence-corrected chi connectivity index (χ1v) is 5.26. The molecule has 0 spiro atoms. The summed E-state index contributed by atoms with van der Waals surface area (Å²) in [7, 11) is 0. The highest BCUT2D eigenvalue weighted by Crippen LogP contribution is 2.23. The molecule has 0 fully saturated rings. The molecule has 0 atom stereocenters. The molecule has 0 aromatic heterocycles. The molecule has 0 radical (unpaired) electrons. The zero-order chi connectivity index (χ0) is 9.10. The highest BCUT2D eigenvalue weighted by molar-refractivity contribution is 5.54. The van der Waals surface area contributed by atoms with Crippen molar-refractivity contribution in [2.24, 2.45) is 0 Å². The van der Waals surface area contributed by atoms with Crippen LogP contribution in [-0.2, 0) is 12.8 Å². The maximum atomic E-state index is 3.46. The number of nitrogens with one attached hydrogen (secondary N) is 1. The largest absolute Gasteiger partial charge is 0.385 e. The molecule has 1 nitrogen and oxygen atoms in total. The van der Waals surface area contributed by atoms with Gasteiger partial charge in [0.25, 0.3) is 0 Å². The van der Waals surface area contributed by atoms with Crippen LogP contribution < -0.4 is 5.32 Å². The molecular weight excluding hydrogens is 158 g/mol. The first kappa shape index (κ1) is 8.61. The van der Waals surface area contributed by atoms with Gasteiger partial charge in [-0.25, -0.2) is 0 Å². The minimum absolute atomic E-state index is 1.14. The number of hydrogen-bond donors (Lipinski definition) is 1. The molecule has 70 valence electrons. The van der Waals surface area contributed by atoms with Crippen molar-refractivity contribution < 1.29 is 0 Å². The van der Waals surface area contributed by atoms with Gasteiger partial charge in [0.2, 0.25) is 0 Å². The summed E-state index contributed by atoms with van der Waals surface area (Å²) in [5, 5.41) is 3.46. The summed E-state index contributed by atoms with van der Waals surface area (Å²) in [5.74, 6) is 0. The Morgan fingerprint density at radius 3 is 3.15 bits per heavy atom. The molecule has 1 heteroatoms. The van der Waals surface area contributed by atoms with Crippen molar-refractivity contribution in [2.75, 3.05) is 11.9 Å². The van der Waals surface area contributed by atoms with E-state index in [1.807, 2.05) is 0 Å². The molecule has 0 amide bonds. The van der Waals surface area contributed by atoms with E-state index in [4.69, 9.17) is 0 Å². The SMILES string of the molecule is CCCc1ccc2c(c1)NCCC2. The normalized spacial score (nSPS) is 14.8. The van der Waals surface area contributed by atoms with Gasteiger partial charge in [0.05, 0.1) is 0 Å². The van der Waals surface area contributed by atoms with Crippen molar-refractivity contribution in [3.05, 3.63) is 29.3 Å². The minimum Gasteiger partial charge on any atom is -0.385 e. The summed E-state index contributed by atoms with van der Waals surface area (Å²) in [5.41, 5.74) is 4.33. The Labute approximate surface area is 80.2 Å². The summed E-state index contributed by atoms with van der Waals surface area (Å²) in [6.07, 6.45) is 4.96. The quantitative estimate of drug-likeness (QED) is 0.728. The first-order chi connectivity index (χ1) is 6.40. The number of benzene rings is 1. The van der Waals surface area contributed by atoms with E-state index >= 15 is 0 Å². The van der Waals surface area contributed by atoms with E-state index in [2.05, 4.69) is 30.4 Å². The molecule has 1 aromatic rings. The molecule has 2 rings (SSSR count). The summed E-state index contributed by atoms with van der Waals surface area (Å²) >= 11 is 0. The van der Waals surface area contributed by atoms with Crippen LogP contribution >= 0.6 is 0 Å². The summed E-state index contributed by atoms with van der Waals surface area (Å²) in [6, 6.07) is 6.87.